The van der Waals surface area contributed by atoms with Gasteiger partial charge in [-0.15, -0.1) is 11.8 Å². The maximum absolute atomic E-state index is 12.9. The topological polar surface area (TPSA) is 97.4 Å². The van der Waals surface area contributed by atoms with Crippen LogP contribution < -0.4 is 14.8 Å². The summed E-state index contributed by atoms with van der Waals surface area (Å²) in [5, 5.41) is 3.17. The van der Waals surface area contributed by atoms with E-state index < -0.39 is 10.0 Å². The second-order valence-corrected chi connectivity index (χ2v) is 10.8. The van der Waals surface area contributed by atoms with Gasteiger partial charge in [-0.2, -0.15) is 0 Å². The van der Waals surface area contributed by atoms with Crippen LogP contribution in [0.1, 0.15) is 17.2 Å². The number of carbonyl (C=O) groups is 1. The number of nitrogens with zero attached hydrogens (tertiary/aromatic N) is 1. The number of halogens is 1. The fourth-order valence-corrected chi connectivity index (χ4v) is 5.67. The first-order valence-corrected chi connectivity index (χ1v) is 13.2. The van der Waals surface area contributed by atoms with E-state index in [1.54, 1.807) is 36.4 Å². The Morgan fingerprint density at radius 2 is 1.76 bits per heavy atom. The summed E-state index contributed by atoms with van der Waals surface area (Å²) in [6.45, 7) is 0.103. The van der Waals surface area contributed by atoms with Crippen molar-refractivity contribution in [3.8, 4) is 11.5 Å². The highest BCUT2D eigenvalue weighted by molar-refractivity contribution is 8.00. The van der Waals surface area contributed by atoms with Crippen molar-refractivity contribution in [2.24, 2.45) is 0 Å². The van der Waals surface area contributed by atoms with Crippen LogP contribution in [0.15, 0.2) is 78.0 Å². The molecule has 0 bridgehead atoms. The molecule has 3 aromatic rings. The van der Waals surface area contributed by atoms with Crippen molar-refractivity contribution in [2.75, 3.05) is 12.3 Å². The molecule has 1 saturated heterocycles. The lowest BCUT2D eigenvalue weighted by atomic mass is 10.1. The smallest absolute Gasteiger partial charge is 0.258 e. The standard InChI is InChI=1S/C23H22ClN3O4S2/c24-17-6-10-20(11-7-17)31-19-8-4-16(5-9-19)22-23(28)27-18(12-14-32-22)15-26-33(29,30)21-3-1-2-13-25-21/h1-11,13,18,22,26H,12,14-15H2,(H,27,28)/t18-,22+/m0/s1. The van der Waals surface area contributed by atoms with Crippen LogP contribution in [0.5, 0.6) is 11.5 Å². The van der Waals surface area contributed by atoms with Crippen molar-refractivity contribution >= 4 is 39.3 Å². The van der Waals surface area contributed by atoms with Crippen molar-refractivity contribution in [1.82, 2.24) is 15.0 Å². The van der Waals surface area contributed by atoms with Gasteiger partial charge in [-0.05, 0) is 66.3 Å². The molecule has 4 rings (SSSR count). The second kappa shape index (κ2) is 10.6. The number of rotatable bonds is 7. The molecule has 7 nitrogen and oxygen atoms in total. The molecule has 2 atom stereocenters. The molecule has 0 saturated carbocycles. The van der Waals surface area contributed by atoms with Gasteiger partial charge in [0.1, 0.15) is 16.7 Å². The molecular weight excluding hydrogens is 482 g/mol. The van der Waals surface area contributed by atoms with Crippen LogP contribution in [0, 0.1) is 0 Å². The lowest BCUT2D eigenvalue weighted by Crippen LogP contribution is -2.43. The molecule has 1 aromatic heterocycles. The average Bonchev–Trinajstić information content (AvgIpc) is 3.01. The lowest BCUT2D eigenvalue weighted by Gasteiger charge is -2.18. The van der Waals surface area contributed by atoms with Crippen LogP contribution in [0.25, 0.3) is 0 Å². The predicted molar refractivity (Wildman–Crippen MR) is 129 cm³/mol. The van der Waals surface area contributed by atoms with Crippen molar-refractivity contribution < 1.29 is 17.9 Å². The summed E-state index contributed by atoms with van der Waals surface area (Å²) in [5.74, 6) is 1.89. The summed E-state index contributed by atoms with van der Waals surface area (Å²) in [6, 6.07) is 18.8. The van der Waals surface area contributed by atoms with Crippen molar-refractivity contribution in [2.45, 2.75) is 22.7 Å². The number of sulfonamides is 1. The van der Waals surface area contributed by atoms with Gasteiger partial charge in [-0.25, -0.2) is 18.1 Å². The van der Waals surface area contributed by atoms with Gasteiger partial charge in [0, 0.05) is 23.8 Å². The molecule has 2 aromatic carbocycles. The number of aromatic nitrogens is 1. The third-order valence-electron chi connectivity index (χ3n) is 5.00. The van der Waals surface area contributed by atoms with Crippen LogP contribution in [0.4, 0.5) is 0 Å². The van der Waals surface area contributed by atoms with E-state index in [4.69, 9.17) is 16.3 Å². The Hall–Kier alpha value is -2.59. The fourth-order valence-electron chi connectivity index (χ4n) is 3.29. The van der Waals surface area contributed by atoms with Crippen molar-refractivity contribution in [3.63, 3.8) is 0 Å². The van der Waals surface area contributed by atoms with Gasteiger partial charge < -0.3 is 10.1 Å². The Kier molecular flexibility index (Phi) is 7.54. The summed E-state index contributed by atoms with van der Waals surface area (Å²) in [6.07, 6.45) is 2.07. The first-order valence-electron chi connectivity index (χ1n) is 10.3. The maximum atomic E-state index is 12.9. The zero-order chi connectivity index (χ0) is 23.3. The first kappa shape index (κ1) is 23.6. The van der Waals surface area contributed by atoms with Gasteiger partial charge in [0.05, 0.1) is 0 Å². The summed E-state index contributed by atoms with van der Waals surface area (Å²) >= 11 is 7.43. The summed E-state index contributed by atoms with van der Waals surface area (Å²) < 4.78 is 33.1. The largest absolute Gasteiger partial charge is 0.457 e. The Bertz CT molecular complexity index is 1190. The molecule has 0 aliphatic carbocycles. The van der Waals surface area contributed by atoms with Crippen LogP contribution in [-0.2, 0) is 14.8 Å². The predicted octanol–water partition coefficient (Wildman–Crippen LogP) is 4.17. The number of benzene rings is 2. The summed E-state index contributed by atoms with van der Waals surface area (Å²) in [5.41, 5.74) is 0.857. The van der Waals surface area contributed by atoms with E-state index in [-0.39, 0.29) is 28.8 Å². The van der Waals surface area contributed by atoms with E-state index in [9.17, 15) is 13.2 Å². The molecule has 2 N–H and O–H groups in total. The monoisotopic (exact) mass is 503 g/mol. The lowest BCUT2D eigenvalue weighted by molar-refractivity contribution is -0.121. The average molecular weight is 504 g/mol. The molecule has 1 amide bonds. The Balaban J connectivity index is 1.36. The minimum absolute atomic E-state index is 0.0434. The van der Waals surface area contributed by atoms with E-state index in [0.29, 0.717) is 28.7 Å². The van der Waals surface area contributed by atoms with Gasteiger partial charge in [-0.1, -0.05) is 29.8 Å². The molecule has 0 spiro atoms. The maximum Gasteiger partial charge on any atom is 0.258 e. The highest BCUT2D eigenvalue weighted by atomic mass is 35.5. The molecule has 1 aliphatic rings. The Labute approximate surface area is 202 Å². The number of carbonyl (C=O) groups excluding carboxylic acids is 1. The molecule has 172 valence electrons. The van der Waals surface area contributed by atoms with E-state index >= 15 is 0 Å². The van der Waals surface area contributed by atoms with Gasteiger partial charge in [0.2, 0.25) is 5.91 Å². The van der Waals surface area contributed by atoms with E-state index in [2.05, 4.69) is 15.0 Å². The van der Waals surface area contributed by atoms with Crippen molar-refractivity contribution in [3.05, 3.63) is 83.5 Å². The highest BCUT2D eigenvalue weighted by Gasteiger charge is 2.28. The van der Waals surface area contributed by atoms with E-state index in [1.807, 2.05) is 24.3 Å². The number of hydrogen-bond acceptors (Lipinski definition) is 6. The normalized spacial score (nSPS) is 18.9. The zero-order valence-corrected chi connectivity index (χ0v) is 19.9. The second-order valence-electron chi connectivity index (χ2n) is 7.39. The molecule has 0 unspecified atom stereocenters. The molecule has 0 radical (unpaired) electrons. The number of amides is 1. The third kappa shape index (κ3) is 6.26. The molecule has 1 aliphatic heterocycles. The van der Waals surface area contributed by atoms with E-state index in [0.717, 1.165) is 5.56 Å². The summed E-state index contributed by atoms with van der Waals surface area (Å²) in [7, 11) is -3.73. The quantitative estimate of drug-likeness (QED) is 0.502. The number of thioether (sulfide) groups is 1. The number of nitrogens with one attached hydrogen (secondary N) is 2. The van der Waals surface area contributed by atoms with Gasteiger partial charge in [0.15, 0.2) is 5.03 Å². The minimum atomic E-state index is -3.73. The van der Waals surface area contributed by atoms with Gasteiger partial charge in [0.25, 0.3) is 10.0 Å². The third-order valence-corrected chi connectivity index (χ3v) is 7.88. The van der Waals surface area contributed by atoms with E-state index in [1.165, 1.54) is 24.0 Å². The molecular formula is C23H22ClN3O4S2. The van der Waals surface area contributed by atoms with Crippen LogP contribution in [0.2, 0.25) is 5.02 Å². The molecule has 10 heteroatoms. The molecule has 2 heterocycles. The molecule has 1 fully saturated rings. The summed E-state index contributed by atoms with van der Waals surface area (Å²) in [4.78, 5) is 16.7. The van der Waals surface area contributed by atoms with Gasteiger partial charge >= 0.3 is 0 Å². The number of hydrogen-bond donors (Lipinski definition) is 2. The van der Waals surface area contributed by atoms with Crippen LogP contribution in [0.3, 0.4) is 0 Å². The fraction of sp³-hybridized carbons (Fsp3) is 0.217. The number of pyridine rings is 1. The van der Waals surface area contributed by atoms with Gasteiger partial charge in [-0.3, -0.25) is 4.79 Å². The Morgan fingerprint density at radius 1 is 1.06 bits per heavy atom. The highest BCUT2D eigenvalue weighted by Crippen LogP contribution is 2.33. The van der Waals surface area contributed by atoms with Crippen molar-refractivity contribution in [1.29, 1.82) is 0 Å². The first-order chi connectivity index (χ1) is 15.9. The van der Waals surface area contributed by atoms with Crippen LogP contribution in [-0.4, -0.2) is 37.6 Å². The minimum Gasteiger partial charge on any atom is -0.457 e. The number of ether oxygens (including phenoxy) is 1. The van der Waals surface area contributed by atoms with Crippen LogP contribution >= 0.6 is 23.4 Å². The SMILES string of the molecule is O=C1N[C@H](CNS(=O)(=O)c2ccccn2)CCS[C@@H]1c1ccc(Oc2ccc(Cl)cc2)cc1. The Morgan fingerprint density at radius 3 is 2.42 bits per heavy atom. The zero-order valence-electron chi connectivity index (χ0n) is 17.5. The molecule has 33 heavy (non-hydrogen) atoms.